The number of fused-ring (bicyclic) bond motifs is 6. The molecular weight excluding hydrogens is 693 g/mol. The third-order valence-electron chi connectivity index (χ3n) is 11.2. The minimum atomic E-state index is 0.868. The first-order valence-corrected chi connectivity index (χ1v) is 19.4. The minimum Gasteiger partial charge on any atom is -0.456 e. The number of para-hydroxylation sites is 4. The van der Waals surface area contributed by atoms with Crippen molar-refractivity contribution in [3.8, 4) is 39.1 Å². The maximum Gasteiger partial charge on any atom is 0.136 e. The van der Waals surface area contributed by atoms with Crippen LogP contribution in [-0.4, -0.2) is 4.57 Å². The van der Waals surface area contributed by atoms with E-state index in [0.29, 0.717) is 0 Å². The second kappa shape index (κ2) is 13.6. The van der Waals surface area contributed by atoms with Gasteiger partial charge in [-0.05, 0) is 88.5 Å². The largest absolute Gasteiger partial charge is 0.456 e. The van der Waals surface area contributed by atoms with Gasteiger partial charge in [0.1, 0.15) is 11.2 Å². The van der Waals surface area contributed by atoms with Crippen molar-refractivity contribution in [1.82, 2.24) is 4.57 Å². The second-order valence-electron chi connectivity index (χ2n) is 14.5. The normalized spacial score (nSPS) is 11.5. The lowest BCUT2D eigenvalue weighted by molar-refractivity contribution is 0.669. The summed E-state index contributed by atoms with van der Waals surface area (Å²) in [5.74, 6) is 0. The summed E-state index contributed by atoms with van der Waals surface area (Å²) >= 11 is 0. The quantitative estimate of drug-likeness (QED) is 0.163. The summed E-state index contributed by atoms with van der Waals surface area (Å²) in [5.41, 5.74) is 15.2. The average molecular weight is 729 g/mol. The zero-order chi connectivity index (χ0) is 37.7. The van der Waals surface area contributed by atoms with E-state index < -0.39 is 0 Å². The van der Waals surface area contributed by atoms with Crippen molar-refractivity contribution in [3.63, 3.8) is 0 Å². The van der Waals surface area contributed by atoms with Crippen LogP contribution in [0.3, 0.4) is 0 Å². The monoisotopic (exact) mass is 728 g/mol. The van der Waals surface area contributed by atoms with Crippen molar-refractivity contribution in [1.29, 1.82) is 0 Å². The lowest BCUT2D eigenvalue weighted by atomic mass is 9.91. The molecule has 0 N–H and O–H groups in total. The molecule has 0 aliphatic carbocycles. The van der Waals surface area contributed by atoms with E-state index in [-0.39, 0.29) is 0 Å². The van der Waals surface area contributed by atoms with Crippen LogP contribution in [0, 0.1) is 0 Å². The summed E-state index contributed by atoms with van der Waals surface area (Å²) in [6.07, 6.45) is 0. The van der Waals surface area contributed by atoms with Crippen LogP contribution in [0.15, 0.2) is 223 Å². The van der Waals surface area contributed by atoms with Gasteiger partial charge < -0.3 is 13.9 Å². The lowest BCUT2D eigenvalue weighted by Crippen LogP contribution is -2.13. The fourth-order valence-electron chi connectivity index (χ4n) is 8.64. The highest BCUT2D eigenvalue weighted by molar-refractivity contribution is 6.15. The first-order valence-electron chi connectivity index (χ1n) is 19.4. The van der Waals surface area contributed by atoms with E-state index >= 15 is 0 Å². The van der Waals surface area contributed by atoms with Crippen molar-refractivity contribution in [2.75, 3.05) is 4.90 Å². The summed E-state index contributed by atoms with van der Waals surface area (Å²) in [4.78, 5) is 2.46. The highest BCUT2D eigenvalue weighted by Gasteiger charge is 2.25. The van der Waals surface area contributed by atoms with E-state index in [1.807, 2.05) is 12.1 Å². The van der Waals surface area contributed by atoms with Gasteiger partial charge in [-0.3, -0.25) is 0 Å². The highest BCUT2D eigenvalue weighted by Crippen LogP contribution is 2.49. The van der Waals surface area contributed by atoms with E-state index in [1.54, 1.807) is 0 Å². The molecule has 0 saturated heterocycles. The van der Waals surface area contributed by atoms with Crippen LogP contribution < -0.4 is 4.90 Å². The van der Waals surface area contributed by atoms with E-state index in [9.17, 15) is 0 Å². The van der Waals surface area contributed by atoms with Gasteiger partial charge in [-0.25, -0.2) is 0 Å². The Morgan fingerprint density at radius 1 is 0.368 bits per heavy atom. The zero-order valence-electron chi connectivity index (χ0n) is 31.1. The van der Waals surface area contributed by atoms with E-state index in [0.717, 1.165) is 72.5 Å². The SMILES string of the molecule is c1ccc(-c2ccc(N(c3cccc(-c4ccccc4)c3-c3ccc4c(c3)oc3ccccc34)c3cccc4c5ccccc5n(-c5ccccc5)c34)cc2)cc1. The molecule has 0 fully saturated rings. The predicted octanol–water partition coefficient (Wildman–Crippen LogP) is 15.2. The summed E-state index contributed by atoms with van der Waals surface area (Å²) in [7, 11) is 0. The molecule has 0 spiro atoms. The Labute approximate surface area is 330 Å². The molecule has 3 heteroatoms. The molecule has 9 aromatic carbocycles. The average Bonchev–Trinajstić information content (AvgIpc) is 3.83. The molecule has 268 valence electrons. The summed E-state index contributed by atoms with van der Waals surface area (Å²) in [6, 6.07) is 78.2. The Bertz CT molecular complexity index is 3220. The number of benzene rings is 9. The van der Waals surface area contributed by atoms with Gasteiger partial charge in [-0.1, -0.05) is 158 Å². The third kappa shape index (κ3) is 5.51. The molecule has 0 radical (unpaired) electrons. The maximum absolute atomic E-state index is 6.52. The molecule has 0 bridgehead atoms. The summed E-state index contributed by atoms with van der Waals surface area (Å²) < 4.78 is 8.95. The van der Waals surface area contributed by atoms with Crippen LogP contribution in [0.5, 0.6) is 0 Å². The molecule has 11 aromatic rings. The molecular formula is C54H36N2O. The van der Waals surface area contributed by atoms with Gasteiger partial charge in [0.15, 0.2) is 0 Å². The highest BCUT2D eigenvalue weighted by atomic mass is 16.3. The van der Waals surface area contributed by atoms with Gasteiger partial charge >= 0.3 is 0 Å². The third-order valence-corrected chi connectivity index (χ3v) is 11.2. The minimum absolute atomic E-state index is 0.868. The summed E-state index contributed by atoms with van der Waals surface area (Å²) in [6.45, 7) is 0. The van der Waals surface area contributed by atoms with E-state index in [1.165, 1.54) is 27.4 Å². The Morgan fingerprint density at radius 3 is 1.74 bits per heavy atom. The first kappa shape index (κ1) is 32.8. The van der Waals surface area contributed by atoms with Crippen LogP contribution in [0.1, 0.15) is 0 Å². The van der Waals surface area contributed by atoms with Crippen molar-refractivity contribution in [2.24, 2.45) is 0 Å². The number of aromatic nitrogens is 1. The number of rotatable bonds is 7. The van der Waals surface area contributed by atoms with Gasteiger partial charge in [-0.2, -0.15) is 0 Å². The molecule has 0 unspecified atom stereocenters. The molecule has 0 aliphatic heterocycles. The van der Waals surface area contributed by atoms with Crippen LogP contribution in [0.4, 0.5) is 17.1 Å². The summed E-state index contributed by atoms with van der Waals surface area (Å²) in [5, 5.41) is 4.64. The molecule has 3 nitrogen and oxygen atoms in total. The van der Waals surface area contributed by atoms with Crippen LogP contribution in [-0.2, 0) is 0 Å². The zero-order valence-corrected chi connectivity index (χ0v) is 31.1. The predicted molar refractivity (Wildman–Crippen MR) is 239 cm³/mol. The Kier molecular flexibility index (Phi) is 7.82. The molecule has 2 aromatic heterocycles. The topological polar surface area (TPSA) is 21.3 Å². The van der Waals surface area contributed by atoms with E-state index in [4.69, 9.17) is 4.42 Å². The molecule has 11 rings (SSSR count). The molecule has 0 atom stereocenters. The Morgan fingerprint density at radius 2 is 0.947 bits per heavy atom. The Hall–Kier alpha value is -7.62. The van der Waals surface area contributed by atoms with Crippen molar-refractivity contribution in [2.45, 2.75) is 0 Å². The second-order valence-corrected chi connectivity index (χ2v) is 14.5. The van der Waals surface area contributed by atoms with Gasteiger partial charge in [0.05, 0.1) is 22.4 Å². The van der Waals surface area contributed by atoms with Crippen LogP contribution in [0.2, 0.25) is 0 Å². The van der Waals surface area contributed by atoms with Crippen molar-refractivity contribution >= 4 is 60.8 Å². The van der Waals surface area contributed by atoms with E-state index in [2.05, 4.69) is 216 Å². The lowest BCUT2D eigenvalue weighted by Gasteiger charge is -2.30. The molecule has 0 aliphatic rings. The maximum atomic E-state index is 6.52. The van der Waals surface area contributed by atoms with Crippen LogP contribution in [0.25, 0.3) is 82.8 Å². The van der Waals surface area contributed by atoms with Gasteiger partial charge in [0.2, 0.25) is 0 Å². The Balaban J connectivity index is 1.24. The fourth-order valence-corrected chi connectivity index (χ4v) is 8.64. The molecule has 57 heavy (non-hydrogen) atoms. The standard InChI is InChI=1S/C54H36N2O/c1-4-16-37(17-5-1)38-30-33-42(34-31-38)55(50-28-15-25-47-44-22-10-12-26-48(44)56(54(47)50)41-20-8-3-9-21-41)49-27-14-24-43(39-18-6-2-7-19-39)53(49)40-32-35-46-45-23-11-13-29-51(45)57-52(46)36-40/h1-36H. The number of anilines is 3. The van der Waals surface area contributed by atoms with Gasteiger partial charge in [0.25, 0.3) is 0 Å². The molecule has 0 amide bonds. The number of hydrogen-bond acceptors (Lipinski definition) is 2. The number of hydrogen-bond donors (Lipinski definition) is 0. The first-order chi connectivity index (χ1) is 28.3. The smallest absolute Gasteiger partial charge is 0.136 e. The number of furan rings is 1. The fraction of sp³-hybridized carbons (Fsp3) is 0. The van der Waals surface area contributed by atoms with Crippen molar-refractivity contribution < 1.29 is 4.42 Å². The van der Waals surface area contributed by atoms with Gasteiger partial charge in [-0.15, -0.1) is 0 Å². The number of nitrogens with zero attached hydrogens (tertiary/aromatic N) is 2. The van der Waals surface area contributed by atoms with Crippen LogP contribution >= 0.6 is 0 Å². The van der Waals surface area contributed by atoms with Crippen molar-refractivity contribution in [3.05, 3.63) is 218 Å². The van der Waals surface area contributed by atoms with Gasteiger partial charge in [0, 0.05) is 38.5 Å². The molecule has 2 heterocycles. The molecule has 0 saturated carbocycles.